The summed E-state index contributed by atoms with van der Waals surface area (Å²) >= 11 is 1.82. The molecule has 0 saturated heterocycles. The number of fused-ring (bicyclic) bond motifs is 1. The van der Waals surface area contributed by atoms with E-state index in [1.165, 1.54) is 17.7 Å². The fraction of sp³-hybridized carbons (Fsp3) is 0.588. The maximum absolute atomic E-state index is 4.32. The lowest BCUT2D eigenvalue weighted by Gasteiger charge is -2.17. The van der Waals surface area contributed by atoms with E-state index < -0.39 is 0 Å². The molecule has 3 rings (SSSR count). The van der Waals surface area contributed by atoms with Gasteiger partial charge in [-0.25, -0.2) is 0 Å². The lowest BCUT2D eigenvalue weighted by molar-refractivity contribution is 0.504. The number of nitrogens with one attached hydrogen (secondary N) is 2. The van der Waals surface area contributed by atoms with Crippen LogP contribution in [-0.2, 0) is 25.9 Å². The number of nitrogens with zero attached hydrogens (tertiary/aromatic N) is 4. The van der Waals surface area contributed by atoms with Crippen LogP contribution < -0.4 is 10.6 Å². The molecule has 0 bridgehead atoms. The monoisotopic (exact) mass is 346 g/mol. The summed E-state index contributed by atoms with van der Waals surface area (Å²) in [6.45, 7) is 4.85. The molecule has 2 N–H and O–H groups in total. The van der Waals surface area contributed by atoms with Crippen LogP contribution in [0.5, 0.6) is 0 Å². The Morgan fingerprint density at radius 2 is 2.29 bits per heavy atom. The van der Waals surface area contributed by atoms with E-state index >= 15 is 0 Å². The topological polar surface area (TPSA) is 67.1 Å². The summed E-state index contributed by atoms with van der Waals surface area (Å²) in [6.07, 6.45) is 4.57. The zero-order valence-corrected chi connectivity index (χ0v) is 15.3. The van der Waals surface area contributed by atoms with Gasteiger partial charge in [-0.1, -0.05) is 13.0 Å². The van der Waals surface area contributed by atoms with Crippen molar-refractivity contribution in [3.63, 3.8) is 0 Å². The van der Waals surface area contributed by atoms with Gasteiger partial charge in [0.05, 0.1) is 6.54 Å². The van der Waals surface area contributed by atoms with Gasteiger partial charge in [0, 0.05) is 31.4 Å². The molecule has 2 aromatic heterocycles. The zero-order chi connectivity index (χ0) is 16.8. The summed E-state index contributed by atoms with van der Waals surface area (Å²) < 4.78 is 2.24. The van der Waals surface area contributed by atoms with E-state index in [-0.39, 0.29) is 0 Å². The number of aliphatic imine (C=N–C) groups is 1. The second-order valence-corrected chi connectivity index (χ2v) is 7.37. The second kappa shape index (κ2) is 8.28. The third kappa shape index (κ3) is 4.35. The molecule has 0 aliphatic carbocycles. The van der Waals surface area contributed by atoms with Gasteiger partial charge < -0.3 is 15.2 Å². The van der Waals surface area contributed by atoms with Crippen molar-refractivity contribution in [3.05, 3.63) is 34.0 Å². The van der Waals surface area contributed by atoms with Gasteiger partial charge in [0.25, 0.3) is 0 Å². The standard InChI is InChI=1S/C17H26N6S/c1-13(10-14-6-5-9-24-14)11-19-17(18-2)20-12-16-22-21-15-7-3-4-8-23(15)16/h5-6,9,13H,3-4,7-8,10-12H2,1-2H3,(H2,18,19,20). The summed E-state index contributed by atoms with van der Waals surface area (Å²) in [6, 6.07) is 4.31. The van der Waals surface area contributed by atoms with E-state index in [9.17, 15) is 0 Å². The van der Waals surface area contributed by atoms with Crippen molar-refractivity contribution in [1.82, 2.24) is 25.4 Å². The normalized spacial score (nSPS) is 15.8. The van der Waals surface area contributed by atoms with Gasteiger partial charge in [-0.05, 0) is 36.6 Å². The molecule has 0 aromatic carbocycles. The van der Waals surface area contributed by atoms with Crippen LogP contribution in [0.25, 0.3) is 0 Å². The molecule has 1 aliphatic heterocycles. The van der Waals surface area contributed by atoms with Crippen molar-refractivity contribution in [2.75, 3.05) is 13.6 Å². The average Bonchev–Trinajstić information content (AvgIpc) is 3.25. The Bertz CT molecular complexity index is 661. The van der Waals surface area contributed by atoms with Crippen molar-refractivity contribution in [1.29, 1.82) is 0 Å². The predicted molar refractivity (Wildman–Crippen MR) is 98.3 cm³/mol. The highest BCUT2D eigenvalue weighted by molar-refractivity contribution is 7.09. The SMILES string of the molecule is CN=C(NCc1nnc2n1CCCC2)NCC(C)Cc1cccs1. The molecule has 6 nitrogen and oxygen atoms in total. The first-order valence-electron chi connectivity index (χ1n) is 8.64. The second-order valence-electron chi connectivity index (χ2n) is 6.34. The Balaban J connectivity index is 1.46. The highest BCUT2D eigenvalue weighted by atomic mass is 32.1. The average molecular weight is 347 g/mol. The van der Waals surface area contributed by atoms with Gasteiger partial charge in [-0.2, -0.15) is 0 Å². The third-order valence-electron chi connectivity index (χ3n) is 4.32. The lowest BCUT2D eigenvalue weighted by atomic mass is 10.1. The number of aromatic nitrogens is 3. The minimum atomic E-state index is 0.558. The Labute approximate surface area is 147 Å². The first-order chi connectivity index (χ1) is 11.8. The molecule has 0 spiro atoms. The highest BCUT2D eigenvalue weighted by Crippen LogP contribution is 2.14. The maximum Gasteiger partial charge on any atom is 0.191 e. The van der Waals surface area contributed by atoms with Crippen LogP contribution in [0.2, 0.25) is 0 Å². The molecule has 0 saturated carbocycles. The third-order valence-corrected chi connectivity index (χ3v) is 5.22. The van der Waals surface area contributed by atoms with Gasteiger partial charge in [0.2, 0.25) is 0 Å². The van der Waals surface area contributed by atoms with E-state index in [2.05, 4.69) is 54.8 Å². The first-order valence-corrected chi connectivity index (χ1v) is 9.52. The van der Waals surface area contributed by atoms with Crippen LogP contribution in [0, 0.1) is 5.92 Å². The summed E-state index contributed by atoms with van der Waals surface area (Å²) in [7, 11) is 1.80. The van der Waals surface area contributed by atoms with Crippen LogP contribution in [-0.4, -0.2) is 34.3 Å². The number of thiophene rings is 1. The zero-order valence-electron chi connectivity index (χ0n) is 14.5. The van der Waals surface area contributed by atoms with E-state index in [0.717, 1.165) is 43.5 Å². The first kappa shape index (κ1) is 17.0. The number of hydrogen-bond acceptors (Lipinski definition) is 4. The molecular weight excluding hydrogens is 320 g/mol. The molecule has 1 aliphatic rings. The van der Waals surface area contributed by atoms with Crippen molar-refractivity contribution < 1.29 is 0 Å². The van der Waals surface area contributed by atoms with Crippen LogP contribution in [0.3, 0.4) is 0 Å². The predicted octanol–water partition coefficient (Wildman–Crippen LogP) is 2.22. The quantitative estimate of drug-likeness (QED) is 0.622. The number of hydrogen-bond donors (Lipinski definition) is 2. The molecule has 1 unspecified atom stereocenters. The fourth-order valence-corrected chi connectivity index (χ4v) is 3.87. The van der Waals surface area contributed by atoms with Gasteiger partial charge in [-0.15, -0.1) is 21.5 Å². The molecule has 0 radical (unpaired) electrons. The van der Waals surface area contributed by atoms with Gasteiger partial charge in [-0.3, -0.25) is 4.99 Å². The van der Waals surface area contributed by atoms with Crippen LogP contribution in [0.1, 0.15) is 36.3 Å². The molecule has 7 heteroatoms. The highest BCUT2D eigenvalue weighted by Gasteiger charge is 2.15. The van der Waals surface area contributed by atoms with Crippen molar-refractivity contribution in [2.45, 2.75) is 45.7 Å². The largest absolute Gasteiger partial charge is 0.356 e. The van der Waals surface area contributed by atoms with Crippen molar-refractivity contribution >= 4 is 17.3 Å². The number of aryl methyl sites for hydroxylation is 1. The smallest absolute Gasteiger partial charge is 0.191 e. The van der Waals surface area contributed by atoms with Crippen molar-refractivity contribution in [3.8, 4) is 0 Å². The molecule has 2 aromatic rings. The Morgan fingerprint density at radius 1 is 1.38 bits per heavy atom. The number of guanidine groups is 1. The molecule has 24 heavy (non-hydrogen) atoms. The Kier molecular flexibility index (Phi) is 5.85. The summed E-state index contributed by atoms with van der Waals surface area (Å²) in [5, 5.41) is 17.5. The van der Waals surface area contributed by atoms with Gasteiger partial charge in [0.1, 0.15) is 5.82 Å². The summed E-state index contributed by atoms with van der Waals surface area (Å²) in [5.41, 5.74) is 0. The molecular formula is C17H26N6S. The minimum absolute atomic E-state index is 0.558. The fourth-order valence-electron chi connectivity index (χ4n) is 3.00. The van der Waals surface area contributed by atoms with E-state index in [4.69, 9.17) is 0 Å². The Hall–Kier alpha value is -1.89. The molecule has 1 atom stereocenters. The van der Waals surface area contributed by atoms with Crippen LogP contribution in [0.4, 0.5) is 0 Å². The van der Waals surface area contributed by atoms with Crippen molar-refractivity contribution in [2.24, 2.45) is 10.9 Å². The molecule has 0 amide bonds. The van der Waals surface area contributed by atoms with Gasteiger partial charge in [0.15, 0.2) is 11.8 Å². The summed E-state index contributed by atoms with van der Waals surface area (Å²) in [4.78, 5) is 5.74. The molecule has 130 valence electrons. The van der Waals surface area contributed by atoms with E-state index in [0.29, 0.717) is 12.5 Å². The maximum atomic E-state index is 4.32. The summed E-state index contributed by atoms with van der Waals surface area (Å²) in [5.74, 6) is 3.49. The van der Waals surface area contributed by atoms with Gasteiger partial charge >= 0.3 is 0 Å². The van der Waals surface area contributed by atoms with E-state index in [1.54, 1.807) is 7.05 Å². The molecule has 3 heterocycles. The lowest BCUT2D eigenvalue weighted by Crippen LogP contribution is -2.39. The van der Waals surface area contributed by atoms with E-state index in [1.807, 2.05) is 11.3 Å². The minimum Gasteiger partial charge on any atom is -0.356 e. The van der Waals surface area contributed by atoms with Crippen LogP contribution in [0.15, 0.2) is 22.5 Å². The molecule has 0 fully saturated rings. The Morgan fingerprint density at radius 3 is 3.08 bits per heavy atom. The number of rotatable bonds is 6. The van der Waals surface area contributed by atoms with Crippen LogP contribution >= 0.6 is 11.3 Å².